The molecule has 0 spiro atoms. The van der Waals surface area contributed by atoms with E-state index in [1.165, 1.54) is 0 Å². The molecule has 0 radical (unpaired) electrons. The first-order valence-electron chi connectivity index (χ1n) is 3.39. The Bertz CT molecular complexity index is 189. The monoisotopic (exact) mass is 139 g/mol. The first-order chi connectivity index (χ1) is 4.88. The molecule has 1 amide bonds. The molecule has 0 bridgehead atoms. The molecule has 0 aromatic rings. The summed E-state index contributed by atoms with van der Waals surface area (Å²) in [5, 5.41) is 5.79. The van der Waals surface area contributed by atoms with Crippen LogP contribution in [0.5, 0.6) is 0 Å². The van der Waals surface area contributed by atoms with E-state index in [9.17, 15) is 4.79 Å². The normalized spacial score (nSPS) is 37.4. The number of carbonyl (C=O) groups excluding carboxylic acids is 1. The highest BCUT2D eigenvalue weighted by molar-refractivity contribution is 5.89. The van der Waals surface area contributed by atoms with E-state index >= 15 is 0 Å². The molecule has 54 valence electrons. The summed E-state index contributed by atoms with van der Waals surface area (Å²) in [4.78, 5) is 15.0. The molecule has 1 saturated heterocycles. The first kappa shape index (κ1) is 5.85. The van der Waals surface area contributed by atoms with Gasteiger partial charge >= 0.3 is 0 Å². The zero-order valence-corrected chi connectivity index (χ0v) is 5.50. The number of aliphatic imine (C=N–C) groups is 1. The molecule has 2 N–H and O–H groups in total. The summed E-state index contributed by atoms with van der Waals surface area (Å²) in [6, 6.07) is -0.0162. The fourth-order valence-corrected chi connectivity index (χ4v) is 1.36. The molecule has 2 atom stereocenters. The van der Waals surface area contributed by atoms with Gasteiger partial charge in [0.2, 0.25) is 5.91 Å². The Morgan fingerprint density at radius 3 is 3.40 bits per heavy atom. The molecule has 1 fully saturated rings. The quantitative estimate of drug-likeness (QED) is 0.440. The summed E-state index contributed by atoms with van der Waals surface area (Å²) in [6.45, 7) is 1.31. The summed E-state index contributed by atoms with van der Waals surface area (Å²) >= 11 is 0. The average Bonchev–Trinajstić information content (AvgIpc) is 2.34. The molecule has 0 aromatic heterocycles. The zero-order chi connectivity index (χ0) is 6.97. The van der Waals surface area contributed by atoms with Crippen LogP contribution in [0.2, 0.25) is 0 Å². The van der Waals surface area contributed by atoms with E-state index < -0.39 is 0 Å². The maximum Gasteiger partial charge on any atom is 0.237 e. The van der Waals surface area contributed by atoms with Gasteiger partial charge in [-0.15, -0.1) is 0 Å². The Kier molecular flexibility index (Phi) is 1.20. The van der Waals surface area contributed by atoms with Crippen molar-refractivity contribution in [3.05, 3.63) is 0 Å². The van der Waals surface area contributed by atoms with Crippen molar-refractivity contribution < 1.29 is 4.79 Å². The van der Waals surface area contributed by atoms with Crippen molar-refractivity contribution >= 4 is 12.1 Å². The van der Waals surface area contributed by atoms with Gasteiger partial charge in [-0.2, -0.15) is 0 Å². The fraction of sp³-hybridized carbons (Fsp3) is 0.667. The van der Waals surface area contributed by atoms with E-state index in [1.54, 1.807) is 0 Å². The number of rotatable bonds is 0. The van der Waals surface area contributed by atoms with Crippen LogP contribution in [0.25, 0.3) is 0 Å². The second kappa shape index (κ2) is 2.05. The van der Waals surface area contributed by atoms with Crippen molar-refractivity contribution in [3.63, 3.8) is 0 Å². The van der Waals surface area contributed by atoms with Crippen LogP contribution in [0.4, 0.5) is 0 Å². The fourth-order valence-electron chi connectivity index (χ4n) is 1.36. The third kappa shape index (κ3) is 0.724. The van der Waals surface area contributed by atoms with Gasteiger partial charge < -0.3 is 5.32 Å². The van der Waals surface area contributed by atoms with E-state index in [1.807, 2.05) is 6.21 Å². The topological polar surface area (TPSA) is 53.5 Å². The van der Waals surface area contributed by atoms with E-state index in [4.69, 9.17) is 0 Å². The predicted octanol–water partition coefficient (Wildman–Crippen LogP) is -1.27. The van der Waals surface area contributed by atoms with Crippen molar-refractivity contribution in [3.8, 4) is 0 Å². The third-order valence-corrected chi connectivity index (χ3v) is 1.92. The highest BCUT2D eigenvalue weighted by Gasteiger charge is 2.34. The van der Waals surface area contributed by atoms with Crippen LogP contribution in [0.15, 0.2) is 4.99 Å². The molecule has 2 aliphatic rings. The van der Waals surface area contributed by atoms with Gasteiger partial charge in [-0.05, 0) is 0 Å². The van der Waals surface area contributed by atoms with Crippen LogP contribution in [0.3, 0.4) is 0 Å². The molecular formula is C6H9N3O. The molecule has 4 heteroatoms. The average molecular weight is 139 g/mol. The molecule has 0 saturated carbocycles. The van der Waals surface area contributed by atoms with E-state index in [2.05, 4.69) is 15.6 Å². The molecule has 4 nitrogen and oxygen atoms in total. The van der Waals surface area contributed by atoms with Gasteiger partial charge in [0.05, 0.1) is 12.7 Å². The van der Waals surface area contributed by atoms with Gasteiger partial charge in [0.15, 0.2) is 0 Å². The lowest BCUT2D eigenvalue weighted by molar-refractivity contribution is -0.121. The molecule has 0 aromatic carbocycles. The lowest BCUT2D eigenvalue weighted by Gasteiger charge is -2.16. The molecule has 2 aliphatic heterocycles. The summed E-state index contributed by atoms with van der Waals surface area (Å²) in [5.41, 5.74) is 0. The van der Waals surface area contributed by atoms with Gasteiger partial charge in [0, 0.05) is 18.7 Å². The second-order valence-corrected chi connectivity index (χ2v) is 2.58. The number of fused-ring (bicyclic) bond motifs is 1. The maximum atomic E-state index is 11.0. The van der Waals surface area contributed by atoms with Crippen LogP contribution < -0.4 is 10.6 Å². The molecule has 2 unspecified atom stereocenters. The van der Waals surface area contributed by atoms with Crippen molar-refractivity contribution in [1.29, 1.82) is 0 Å². The molecule has 0 aliphatic carbocycles. The summed E-state index contributed by atoms with van der Waals surface area (Å²) < 4.78 is 0. The van der Waals surface area contributed by atoms with Gasteiger partial charge in [-0.25, -0.2) is 0 Å². The molecule has 2 rings (SSSR count). The van der Waals surface area contributed by atoms with Crippen LogP contribution >= 0.6 is 0 Å². The van der Waals surface area contributed by atoms with Gasteiger partial charge in [0.25, 0.3) is 0 Å². The van der Waals surface area contributed by atoms with Gasteiger partial charge in [-0.1, -0.05) is 0 Å². The highest BCUT2D eigenvalue weighted by atomic mass is 16.2. The SMILES string of the molecule is O=C1NCC2C=NCNC12. The van der Waals surface area contributed by atoms with Crippen LogP contribution in [-0.4, -0.2) is 31.4 Å². The lowest BCUT2D eigenvalue weighted by atomic mass is 10.0. The zero-order valence-electron chi connectivity index (χ0n) is 5.50. The largest absolute Gasteiger partial charge is 0.354 e. The number of nitrogens with one attached hydrogen (secondary N) is 2. The number of hydrogen-bond acceptors (Lipinski definition) is 3. The summed E-state index contributed by atoms with van der Waals surface area (Å²) in [7, 11) is 0. The smallest absolute Gasteiger partial charge is 0.237 e. The Labute approximate surface area is 58.7 Å². The van der Waals surface area contributed by atoms with Crippen LogP contribution in [0.1, 0.15) is 0 Å². The maximum absolute atomic E-state index is 11.0. The minimum absolute atomic E-state index is 0.0162. The molecule has 2 heterocycles. The predicted molar refractivity (Wildman–Crippen MR) is 36.8 cm³/mol. The standard InChI is InChI=1S/C6H9N3O/c10-6-5-4(2-8-6)1-7-3-9-5/h1,4-5,9H,2-3H2,(H,8,10). The number of amides is 1. The molecule has 10 heavy (non-hydrogen) atoms. The van der Waals surface area contributed by atoms with E-state index in [-0.39, 0.29) is 17.9 Å². The minimum atomic E-state index is -0.0162. The Hall–Kier alpha value is -0.900. The van der Waals surface area contributed by atoms with Crippen LogP contribution in [-0.2, 0) is 4.79 Å². The van der Waals surface area contributed by atoms with E-state index in [0.717, 1.165) is 6.54 Å². The number of hydrogen-bond donors (Lipinski definition) is 2. The van der Waals surface area contributed by atoms with Crippen molar-refractivity contribution in [2.45, 2.75) is 6.04 Å². The minimum Gasteiger partial charge on any atom is -0.354 e. The molecular weight excluding hydrogens is 130 g/mol. The van der Waals surface area contributed by atoms with Crippen LogP contribution in [0, 0.1) is 5.92 Å². The highest BCUT2D eigenvalue weighted by Crippen LogP contribution is 2.09. The summed E-state index contributed by atoms with van der Waals surface area (Å²) in [5.74, 6) is 0.386. The van der Waals surface area contributed by atoms with E-state index in [0.29, 0.717) is 6.67 Å². The van der Waals surface area contributed by atoms with Crippen molar-refractivity contribution in [1.82, 2.24) is 10.6 Å². The third-order valence-electron chi connectivity index (χ3n) is 1.92. The van der Waals surface area contributed by atoms with Crippen molar-refractivity contribution in [2.24, 2.45) is 10.9 Å². The Morgan fingerprint density at radius 2 is 2.60 bits per heavy atom. The first-order valence-corrected chi connectivity index (χ1v) is 3.39. The van der Waals surface area contributed by atoms with Crippen molar-refractivity contribution in [2.75, 3.05) is 13.2 Å². The van der Waals surface area contributed by atoms with Gasteiger partial charge in [-0.3, -0.25) is 15.1 Å². The number of nitrogens with zero attached hydrogens (tertiary/aromatic N) is 1. The second-order valence-electron chi connectivity index (χ2n) is 2.58. The number of carbonyl (C=O) groups is 1. The Morgan fingerprint density at radius 1 is 1.70 bits per heavy atom. The summed E-state index contributed by atoms with van der Waals surface area (Å²) in [6.07, 6.45) is 1.86. The van der Waals surface area contributed by atoms with Gasteiger partial charge in [0.1, 0.15) is 0 Å². The lowest BCUT2D eigenvalue weighted by Crippen LogP contribution is -2.43. The Balaban J connectivity index is 2.19.